The summed E-state index contributed by atoms with van der Waals surface area (Å²) in [6.45, 7) is 4.95. The van der Waals surface area contributed by atoms with E-state index in [-0.39, 0.29) is 11.9 Å². The topological polar surface area (TPSA) is 12.0 Å². The Kier molecular flexibility index (Phi) is 6.09. The molecule has 21 heavy (non-hydrogen) atoms. The molecule has 0 amide bonds. The van der Waals surface area contributed by atoms with Crippen LogP contribution in [0.25, 0.3) is 0 Å². The second-order valence-electron chi connectivity index (χ2n) is 4.82. The number of hydrogen-bond donors (Lipinski definition) is 1. The lowest BCUT2D eigenvalue weighted by Gasteiger charge is -2.17. The lowest BCUT2D eigenvalue weighted by molar-refractivity contribution is 0.558. The number of halogens is 2. The minimum Gasteiger partial charge on any atom is -0.310 e. The van der Waals surface area contributed by atoms with Crippen LogP contribution in [0, 0.1) is 5.82 Å². The molecule has 1 N–H and O–H groups in total. The summed E-state index contributed by atoms with van der Waals surface area (Å²) in [5.74, 6) is 0.487. The van der Waals surface area contributed by atoms with Gasteiger partial charge in [-0.3, -0.25) is 0 Å². The number of thioether (sulfide) groups is 1. The molecule has 2 aromatic rings. The third-order valence-corrected chi connectivity index (χ3v) is 4.85. The van der Waals surface area contributed by atoms with Gasteiger partial charge < -0.3 is 5.32 Å². The predicted octanol–water partition coefficient (Wildman–Crippen LogP) is 5.44. The number of nitrogens with one attached hydrogen (secondary N) is 1. The van der Waals surface area contributed by atoms with Crippen molar-refractivity contribution in [2.45, 2.75) is 30.5 Å². The Hall–Kier alpha value is -1.03. The van der Waals surface area contributed by atoms with Crippen LogP contribution in [0.2, 0.25) is 5.02 Å². The van der Waals surface area contributed by atoms with E-state index in [1.165, 1.54) is 17.8 Å². The molecule has 0 aliphatic heterocycles. The Morgan fingerprint density at radius 1 is 1.19 bits per heavy atom. The molecule has 0 saturated heterocycles. The zero-order chi connectivity index (χ0) is 15.2. The molecule has 0 aliphatic carbocycles. The third kappa shape index (κ3) is 4.22. The van der Waals surface area contributed by atoms with Crippen molar-refractivity contribution in [1.29, 1.82) is 0 Å². The highest BCUT2D eigenvalue weighted by atomic mass is 35.5. The maximum absolute atomic E-state index is 14.2. The van der Waals surface area contributed by atoms with Gasteiger partial charge >= 0.3 is 0 Å². The number of rotatable bonds is 6. The molecule has 2 rings (SSSR count). The third-order valence-electron chi connectivity index (χ3n) is 3.30. The lowest BCUT2D eigenvalue weighted by Crippen LogP contribution is -2.18. The molecule has 1 unspecified atom stereocenters. The second-order valence-corrected chi connectivity index (χ2v) is 6.21. The van der Waals surface area contributed by atoms with Crippen LogP contribution in [0.4, 0.5) is 4.39 Å². The van der Waals surface area contributed by atoms with Gasteiger partial charge in [0.05, 0.1) is 0 Å². The molecule has 0 spiro atoms. The first-order valence-corrected chi connectivity index (χ1v) is 8.37. The van der Waals surface area contributed by atoms with E-state index in [0.717, 1.165) is 22.7 Å². The average Bonchev–Trinajstić information content (AvgIpc) is 2.47. The van der Waals surface area contributed by atoms with E-state index in [2.05, 4.69) is 12.2 Å². The highest BCUT2D eigenvalue weighted by Crippen LogP contribution is 2.33. The van der Waals surface area contributed by atoms with Crippen molar-refractivity contribution >= 4 is 23.4 Å². The summed E-state index contributed by atoms with van der Waals surface area (Å²) in [5.41, 5.74) is 2.02. The fraction of sp³-hybridized carbons (Fsp3) is 0.294. The molecule has 0 radical (unpaired) electrons. The molecule has 1 atom stereocenters. The molecular formula is C17H19ClFNS. The minimum absolute atomic E-state index is 0.124. The molecule has 0 saturated carbocycles. The standard InChI is InChI=1S/C17H19ClFNS/c1-3-20-12(2)14-8-6-10-16(19)17(14)21-11-13-7-4-5-9-15(13)18/h4-10,12,20H,3,11H2,1-2H3. The van der Waals surface area contributed by atoms with Crippen molar-refractivity contribution < 1.29 is 4.39 Å². The van der Waals surface area contributed by atoms with Crippen LogP contribution in [0.15, 0.2) is 47.4 Å². The SMILES string of the molecule is CCNC(C)c1cccc(F)c1SCc1ccccc1Cl. The Morgan fingerprint density at radius 3 is 2.67 bits per heavy atom. The van der Waals surface area contributed by atoms with E-state index in [9.17, 15) is 4.39 Å². The Labute approximate surface area is 134 Å². The fourth-order valence-corrected chi connectivity index (χ4v) is 3.65. The largest absolute Gasteiger partial charge is 0.310 e. The van der Waals surface area contributed by atoms with Gasteiger partial charge in [0.2, 0.25) is 0 Å². The van der Waals surface area contributed by atoms with Crippen LogP contribution in [0.3, 0.4) is 0 Å². The smallest absolute Gasteiger partial charge is 0.137 e. The van der Waals surface area contributed by atoms with Crippen LogP contribution in [-0.4, -0.2) is 6.54 Å². The van der Waals surface area contributed by atoms with E-state index in [1.807, 2.05) is 37.3 Å². The van der Waals surface area contributed by atoms with Gasteiger partial charge in [-0.25, -0.2) is 4.39 Å². The molecule has 0 aliphatic rings. The molecule has 0 fully saturated rings. The van der Waals surface area contributed by atoms with Crippen LogP contribution >= 0.6 is 23.4 Å². The van der Waals surface area contributed by atoms with Gasteiger partial charge in [-0.2, -0.15) is 0 Å². The molecular weight excluding hydrogens is 305 g/mol. The highest BCUT2D eigenvalue weighted by molar-refractivity contribution is 7.98. The van der Waals surface area contributed by atoms with Gasteiger partial charge in [0.15, 0.2) is 0 Å². The molecule has 112 valence electrons. The first-order chi connectivity index (χ1) is 10.1. The molecule has 1 nitrogen and oxygen atoms in total. The maximum atomic E-state index is 14.2. The summed E-state index contributed by atoms with van der Waals surface area (Å²) in [7, 11) is 0. The van der Waals surface area contributed by atoms with Crippen molar-refractivity contribution in [2.24, 2.45) is 0 Å². The van der Waals surface area contributed by atoms with E-state index >= 15 is 0 Å². The second kappa shape index (κ2) is 7.83. The Bertz CT molecular complexity index is 603. The minimum atomic E-state index is -0.172. The van der Waals surface area contributed by atoms with Gasteiger partial charge in [0.25, 0.3) is 0 Å². The van der Waals surface area contributed by atoms with Crippen LogP contribution in [0.5, 0.6) is 0 Å². The molecule has 0 heterocycles. The van der Waals surface area contributed by atoms with E-state index in [0.29, 0.717) is 10.6 Å². The summed E-state index contributed by atoms with van der Waals surface area (Å²) in [6, 6.07) is 13.1. The summed E-state index contributed by atoms with van der Waals surface area (Å²) in [6.07, 6.45) is 0. The van der Waals surface area contributed by atoms with Gasteiger partial charge in [0.1, 0.15) is 5.82 Å². The van der Waals surface area contributed by atoms with Crippen molar-refractivity contribution in [3.05, 3.63) is 64.4 Å². The normalized spacial score (nSPS) is 12.4. The van der Waals surface area contributed by atoms with Crippen LogP contribution in [0.1, 0.15) is 31.0 Å². The fourth-order valence-electron chi connectivity index (χ4n) is 2.20. The first kappa shape index (κ1) is 16.3. The van der Waals surface area contributed by atoms with Crippen molar-refractivity contribution in [1.82, 2.24) is 5.32 Å². The van der Waals surface area contributed by atoms with Gasteiger partial charge in [-0.05, 0) is 36.7 Å². The highest BCUT2D eigenvalue weighted by Gasteiger charge is 2.14. The zero-order valence-corrected chi connectivity index (χ0v) is 13.8. The van der Waals surface area contributed by atoms with Crippen molar-refractivity contribution in [3.63, 3.8) is 0 Å². The summed E-state index contributed by atoms with van der Waals surface area (Å²) < 4.78 is 14.2. The number of hydrogen-bond acceptors (Lipinski definition) is 2. The van der Waals surface area contributed by atoms with E-state index in [1.54, 1.807) is 6.07 Å². The number of benzene rings is 2. The Balaban J connectivity index is 2.21. The average molecular weight is 324 g/mol. The van der Waals surface area contributed by atoms with Crippen molar-refractivity contribution in [2.75, 3.05) is 6.54 Å². The van der Waals surface area contributed by atoms with E-state index in [4.69, 9.17) is 11.6 Å². The van der Waals surface area contributed by atoms with Crippen LogP contribution in [-0.2, 0) is 5.75 Å². The Morgan fingerprint density at radius 2 is 1.95 bits per heavy atom. The molecule has 2 aromatic carbocycles. The van der Waals surface area contributed by atoms with Gasteiger partial charge in [-0.15, -0.1) is 11.8 Å². The van der Waals surface area contributed by atoms with Crippen LogP contribution < -0.4 is 5.32 Å². The molecule has 0 bridgehead atoms. The van der Waals surface area contributed by atoms with Crippen molar-refractivity contribution in [3.8, 4) is 0 Å². The first-order valence-electron chi connectivity index (χ1n) is 7.01. The van der Waals surface area contributed by atoms with Gasteiger partial charge in [0, 0.05) is 21.7 Å². The summed E-state index contributed by atoms with van der Waals surface area (Å²) in [4.78, 5) is 0.700. The summed E-state index contributed by atoms with van der Waals surface area (Å²) >= 11 is 7.66. The van der Waals surface area contributed by atoms with Gasteiger partial charge in [-0.1, -0.05) is 48.9 Å². The van der Waals surface area contributed by atoms with E-state index < -0.39 is 0 Å². The summed E-state index contributed by atoms with van der Waals surface area (Å²) in [5, 5.41) is 4.06. The monoisotopic (exact) mass is 323 g/mol. The maximum Gasteiger partial charge on any atom is 0.137 e. The molecule has 0 aromatic heterocycles. The lowest BCUT2D eigenvalue weighted by atomic mass is 10.1. The quantitative estimate of drug-likeness (QED) is 0.710. The zero-order valence-electron chi connectivity index (χ0n) is 12.2. The molecule has 4 heteroatoms. The predicted molar refractivity (Wildman–Crippen MR) is 89.5 cm³/mol.